The van der Waals surface area contributed by atoms with Gasteiger partial charge in [0.05, 0.1) is 9.79 Å². The highest BCUT2D eigenvalue weighted by Gasteiger charge is 2.23. The lowest BCUT2D eigenvalue weighted by atomic mass is 10.2. The molecule has 3 aromatic rings. The summed E-state index contributed by atoms with van der Waals surface area (Å²) in [6, 6.07) is 17.8. The number of aromatic nitrogens is 1. The van der Waals surface area contributed by atoms with E-state index in [0.717, 1.165) is 25.7 Å². The lowest BCUT2D eigenvalue weighted by Crippen LogP contribution is -2.32. The molecule has 1 heterocycles. The maximum absolute atomic E-state index is 13.5. The summed E-state index contributed by atoms with van der Waals surface area (Å²) in [6.45, 7) is 0.0687. The molecule has 2 aromatic carbocycles. The smallest absolute Gasteiger partial charge is 0.251 e. The Labute approximate surface area is 210 Å². The number of amides is 1. The Morgan fingerprint density at radius 1 is 1.08 bits per heavy atom. The second-order valence-electron chi connectivity index (χ2n) is 8.49. The van der Waals surface area contributed by atoms with Crippen LogP contribution in [0.15, 0.2) is 76.7 Å². The Morgan fingerprint density at radius 3 is 2.64 bits per heavy atom. The Balaban J connectivity index is 1.49. The number of hydrogen-bond donors (Lipinski definition) is 4. The summed E-state index contributed by atoms with van der Waals surface area (Å²) in [7, 11) is -3.92. The zero-order valence-electron chi connectivity index (χ0n) is 19.5. The monoisotopic (exact) mass is 502 g/mol. The van der Waals surface area contributed by atoms with Crippen molar-refractivity contribution in [3.8, 4) is 6.07 Å². The van der Waals surface area contributed by atoms with E-state index in [4.69, 9.17) is 10.7 Å². The van der Waals surface area contributed by atoms with Crippen LogP contribution < -0.4 is 16.0 Å². The first-order valence-corrected chi connectivity index (χ1v) is 13.0. The number of rotatable bonds is 7. The predicted octanol–water partition coefficient (Wildman–Crippen LogP) is 3.59. The molecule has 184 valence electrons. The zero-order valence-corrected chi connectivity index (χ0v) is 20.3. The molecule has 1 saturated carbocycles. The molecule has 1 aliphatic rings. The van der Waals surface area contributed by atoms with Gasteiger partial charge in [0, 0.05) is 30.0 Å². The van der Waals surface area contributed by atoms with Gasteiger partial charge in [0.2, 0.25) is 9.84 Å². The average molecular weight is 503 g/mol. The lowest BCUT2D eigenvalue weighted by molar-refractivity contribution is 0.0937. The molecule has 0 saturated heterocycles. The van der Waals surface area contributed by atoms with E-state index in [1.54, 1.807) is 36.4 Å². The summed E-state index contributed by atoms with van der Waals surface area (Å²) in [5.41, 5.74) is 1.49. The number of pyridine rings is 1. The maximum Gasteiger partial charge on any atom is 0.251 e. The van der Waals surface area contributed by atoms with Crippen molar-refractivity contribution in [2.45, 2.75) is 48.1 Å². The van der Waals surface area contributed by atoms with Gasteiger partial charge in [-0.2, -0.15) is 5.26 Å². The highest BCUT2D eigenvalue weighted by Crippen LogP contribution is 2.25. The standard InChI is InChI=1S/C26H26N6O3S/c27-16-22-15-21(12-13-29-22)32-26(28)30-17-19-6-1-4-11-24(19)36(34,35)23-10-5-7-18(14-23)25(33)31-20-8-2-3-9-20/h1,4-7,10-15,20H,2-3,8-9,17H2,(H,31,33)(H3,28,29,30,32). The molecular formula is C26H26N6O3S. The summed E-state index contributed by atoms with van der Waals surface area (Å²) in [4.78, 5) is 16.7. The predicted molar refractivity (Wildman–Crippen MR) is 135 cm³/mol. The first-order valence-electron chi connectivity index (χ1n) is 11.6. The molecule has 9 nitrogen and oxygen atoms in total. The van der Waals surface area contributed by atoms with Crippen LogP contribution in [0.4, 0.5) is 5.69 Å². The highest BCUT2D eigenvalue weighted by atomic mass is 32.2. The van der Waals surface area contributed by atoms with Crippen LogP contribution in [0.2, 0.25) is 0 Å². The molecule has 4 rings (SSSR count). The van der Waals surface area contributed by atoms with Crippen LogP contribution in [0.25, 0.3) is 0 Å². The van der Waals surface area contributed by atoms with Gasteiger partial charge < -0.3 is 16.0 Å². The molecule has 10 heteroatoms. The number of carbonyl (C=O) groups is 1. The minimum atomic E-state index is -3.92. The van der Waals surface area contributed by atoms with E-state index in [0.29, 0.717) is 16.8 Å². The summed E-state index contributed by atoms with van der Waals surface area (Å²) in [6.07, 6.45) is 5.50. The largest absolute Gasteiger partial charge is 0.352 e. The molecule has 1 amide bonds. The maximum atomic E-state index is 13.5. The second kappa shape index (κ2) is 11.0. The Bertz CT molecular complexity index is 1430. The minimum absolute atomic E-state index is 0.0306. The van der Waals surface area contributed by atoms with Gasteiger partial charge in [-0.15, -0.1) is 0 Å². The van der Waals surface area contributed by atoms with E-state index in [9.17, 15) is 13.2 Å². The number of carbonyl (C=O) groups excluding carboxylic acids is 1. The molecule has 0 bridgehead atoms. The normalized spacial score (nSPS) is 13.5. The summed E-state index contributed by atoms with van der Waals surface area (Å²) in [5.74, 6) is -0.341. The highest BCUT2D eigenvalue weighted by molar-refractivity contribution is 7.91. The van der Waals surface area contributed by atoms with Gasteiger partial charge in [0.1, 0.15) is 11.8 Å². The van der Waals surface area contributed by atoms with Gasteiger partial charge >= 0.3 is 0 Å². The molecule has 0 spiro atoms. The molecule has 1 aliphatic carbocycles. The number of nitriles is 1. The summed E-state index contributed by atoms with van der Waals surface area (Å²) in [5, 5.41) is 25.8. The number of anilines is 1. The van der Waals surface area contributed by atoms with Crippen molar-refractivity contribution in [1.29, 1.82) is 10.7 Å². The van der Waals surface area contributed by atoms with Crippen LogP contribution in [0.5, 0.6) is 0 Å². The SMILES string of the molecule is N#Cc1cc(NC(=N)NCc2ccccc2S(=O)(=O)c2cccc(C(=O)NC3CCCC3)c2)ccn1. The van der Waals surface area contributed by atoms with Crippen molar-refractivity contribution in [2.75, 3.05) is 5.32 Å². The van der Waals surface area contributed by atoms with Crippen LogP contribution in [0, 0.1) is 16.7 Å². The van der Waals surface area contributed by atoms with Crippen molar-refractivity contribution in [3.63, 3.8) is 0 Å². The Hall–Kier alpha value is -4.23. The summed E-state index contributed by atoms with van der Waals surface area (Å²) >= 11 is 0. The van der Waals surface area contributed by atoms with Gasteiger partial charge in [-0.05, 0) is 54.8 Å². The fourth-order valence-electron chi connectivity index (χ4n) is 4.12. The first-order chi connectivity index (χ1) is 17.4. The molecule has 0 unspecified atom stereocenters. The van der Waals surface area contributed by atoms with Crippen molar-refractivity contribution >= 4 is 27.4 Å². The molecule has 0 atom stereocenters. The number of nitrogens with zero attached hydrogens (tertiary/aromatic N) is 2. The third kappa shape index (κ3) is 5.87. The van der Waals surface area contributed by atoms with Gasteiger partial charge in [-0.25, -0.2) is 13.4 Å². The van der Waals surface area contributed by atoms with Crippen LogP contribution in [-0.2, 0) is 16.4 Å². The minimum Gasteiger partial charge on any atom is -0.352 e. The molecule has 1 aromatic heterocycles. The van der Waals surface area contributed by atoms with Crippen LogP contribution >= 0.6 is 0 Å². The first kappa shape index (κ1) is 24.9. The fraction of sp³-hybridized carbons (Fsp3) is 0.231. The number of guanidine groups is 1. The molecular weight excluding hydrogens is 476 g/mol. The quantitative estimate of drug-likeness (QED) is 0.285. The van der Waals surface area contributed by atoms with Crippen LogP contribution in [0.3, 0.4) is 0 Å². The van der Waals surface area contributed by atoms with E-state index in [1.165, 1.54) is 30.5 Å². The molecule has 36 heavy (non-hydrogen) atoms. The van der Waals surface area contributed by atoms with Gasteiger partial charge in [0.15, 0.2) is 5.96 Å². The number of nitrogens with one attached hydrogen (secondary N) is 4. The number of sulfone groups is 1. The third-order valence-electron chi connectivity index (χ3n) is 5.96. The van der Waals surface area contributed by atoms with E-state index in [2.05, 4.69) is 20.9 Å². The van der Waals surface area contributed by atoms with Crippen LogP contribution in [0.1, 0.15) is 47.3 Å². The fourth-order valence-corrected chi connectivity index (χ4v) is 5.66. The van der Waals surface area contributed by atoms with E-state index < -0.39 is 9.84 Å². The Kier molecular flexibility index (Phi) is 7.61. The molecule has 4 N–H and O–H groups in total. The molecule has 0 aliphatic heterocycles. The van der Waals surface area contributed by atoms with Gasteiger partial charge in [-0.1, -0.05) is 37.1 Å². The van der Waals surface area contributed by atoms with E-state index in [-0.39, 0.29) is 39.9 Å². The van der Waals surface area contributed by atoms with Crippen molar-refractivity contribution in [2.24, 2.45) is 0 Å². The zero-order chi connectivity index (χ0) is 25.5. The second-order valence-corrected chi connectivity index (χ2v) is 10.4. The third-order valence-corrected chi connectivity index (χ3v) is 7.81. The van der Waals surface area contributed by atoms with E-state index in [1.807, 2.05) is 6.07 Å². The number of hydrogen-bond acceptors (Lipinski definition) is 6. The molecule has 0 radical (unpaired) electrons. The summed E-state index contributed by atoms with van der Waals surface area (Å²) < 4.78 is 27.0. The van der Waals surface area contributed by atoms with Gasteiger partial charge in [-0.3, -0.25) is 10.2 Å². The number of benzene rings is 2. The van der Waals surface area contributed by atoms with E-state index >= 15 is 0 Å². The van der Waals surface area contributed by atoms with Crippen molar-refractivity contribution in [1.82, 2.24) is 15.6 Å². The average Bonchev–Trinajstić information content (AvgIpc) is 3.41. The van der Waals surface area contributed by atoms with Crippen molar-refractivity contribution < 1.29 is 13.2 Å². The van der Waals surface area contributed by atoms with Crippen LogP contribution in [-0.4, -0.2) is 31.3 Å². The molecule has 1 fully saturated rings. The Morgan fingerprint density at radius 2 is 1.86 bits per heavy atom. The lowest BCUT2D eigenvalue weighted by Gasteiger charge is -2.15. The van der Waals surface area contributed by atoms with Gasteiger partial charge in [0.25, 0.3) is 5.91 Å². The van der Waals surface area contributed by atoms with Crippen molar-refractivity contribution in [3.05, 3.63) is 83.7 Å². The topological polar surface area (TPSA) is 148 Å².